The summed E-state index contributed by atoms with van der Waals surface area (Å²) in [6, 6.07) is 10.1. The Morgan fingerprint density at radius 1 is 1.31 bits per heavy atom. The molecule has 0 saturated carbocycles. The predicted molar refractivity (Wildman–Crippen MR) is 57.3 cm³/mol. The van der Waals surface area contributed by atoms with Gasteiger partial charge in [0.05, 0.1) is 6.67 Å². The van der Waals surface area contributed by atoms with Crippen LogP contribution in [0.4, 0.5) is 5.69 Å². The van der Waals surface area contributed by atoms with Crippen LogP contribution in [0.25, 0.3) is 0 Å². The fourth-order valence-electron chi connectivity index (χ4n) is 1.34. The first-order chi connectivity index (χ1) is 6.27. The molecule has 0 bridgehead atoms. The van der Waals surface area contributed by atoms with E-state index in [0.717, 1.165) is 17.5 Å². The van der Waals surface area contributed by atoms with Crippen LogP contribution < -0.4 is 10.3 Å². The average molecular weight is 193 g/mol. The molecule has 0 amide bonds. The third-order valence-electron chi connectivity index (χ3n) is 1.95. The molecule has 0 radical (unpaired) electrons. The Morgan fingerprint density at radius 2 is 2.00 bits per heavy atom. The van der Waals surface area contributed by atoms with Gasteiger partial charge in [-0.2, -0.15) is 0 Å². The zero-order chi connectivity index (χ0) is 9.26. The van der Waals surface area contributed by atoms with Crippen molar-refractivity contribution in [1.29, 1.82) is 0 Å². The summed E-state index contributed by atoms with van der Waals surface area (Å²) in [5.41, 5.74) is 4.19. The van der Waals surface area contributed by atoms with Crippen molar-refractivity contribution in [3.63, 3.8) is 0 Å². The number of anilines is 1. The molecule has 4 heteroatoms. The van der Waals surface area contributed by atoms with Gasteiger partial charge in [-0.1, -0.05) is 18.2 Å². The first kappa shape index (κ1) is 8.47. The van der Waals surface area contributed by atoms with Crippen molar-refractivity contribution >= 4 is 23.0 Å². The lowest BCUT2D eigenvalue weighted by Crippen LogP contribution is -2.29. The molecule has 0 unspecified atom stereocenters. The summed E-state index contributed by atoms with van der Waals surface area (Å²) >= 11 is 5.17. The summed E-state index contributed by atoms with van der Waals surface area (Å²) in [5, 5.41) is 2.71. The molecule has 1 aliphatic rings. The number of para-hydroxylation sites is 1. The van der Waals surface area contributed by atoms with Gasteiger partial charge in [-0.3, -0.25) is 5.43 Å². The third kappa shape index (κ3) is 1.64. The van der Waals surface area contributed by atoms with E-state index in [1.165, 1.54) is 0 Å². The van der Waals surface area contributed by atoms with Crippen molar-refractivity contribution in [2.75, 3.05) is 18.6 Å². The molecular formula is C9H11N3S. The van der Waals surface area contributed by atoms with Gasteiger partial charge in [0.2, 0.25) is 0 Å². The number of nitrogens with one attached hydrogen (secondary N) is 1. The highest BCUT2D eigenvalue weighted by molar-refractivity contribution is 7.80. The van der Waals surface area contributed by atoms with E-state index in [4.69, 9.17) is 12.2 Å². The van der Waals surface area contributed by atoms with Gasteiger partial charge in [0, 0.05) is 12.7 Å². The minimum Gasteiger partial charge on any atom is -0.303 e. The van der Waals surface area contributed by atoms with Crippen molar-refractivity contribution in [2.45, 2.75) is 0 Å². The molecule has 1 aromatic carbocycles. The maximum absolute atomic E-state index is 5.17. The number of hydrogen-bond donors (Lipinski definition) is 1. The molecule has 1 aliphatic heterocycles. The van der Waals surface area contributed by atoms with E-state index in [9.17, 15) is 0 Å². The van der Waals surface area contributed by atoms with Crippen LogP contribution in [-0.2, 0) is 0 Å². The molecule has 1 saturated heterocycles. The fourth-order valence-corrected chi connectivity index (χ4v) is 1.66. The molecule has 1 heterocycles. The van der Waals surface area contributed by atoms with Crippen molar-refractivity contribution in [2.24, 2.45) is 0 Å². The molecule has 0 atom stereocenters. The van der Waals surface area contributed by atoms with Gasteiger partial charge in [0.1, 0.15) is 0 Å². The Hall–Kier alpha value is -1.13. The summed E-state index contributed by atoms with van der Waals surface area (Å²) < 4.78 is 0. The number of nitrogens with zero attached hydrogens (tertiary/aromatic N) is 2. The van der Waals surface area contributed by atoms with Crippen LogP contribution in [-0.4, -0.2) is 23.8 Å². The fraction of sp³-hybridized carbons (Fsp3) is 0.222. The summed E-state index contributed by atoms with van der Waals surface area (Å²) in [5.74, 6) is 0. The van der Waals surface area contributed by atoms with Gasteiger partial charge in [-0.15, -0.1) is 0 Å². The van der Waals surface area contributed by atoms with Gasteiger partial charge in [-0.05, 0) is 24.4 Å². The van der Waals surface area contributed by atoms with E-state index in [1.54, 1.807) is 0 Å². The van der Waals surface area contributed by atoms with Crippen molar-refractivity contribution in [3.05, 3.63) is 30.3 Å². The minimum atomic E-state index is 0.758. The first-order valence-corrected chi connectivity index (χ1v) is 4.52. The maximum atomic E-state index is 5.17. The summed E-state index contributed by atoms with van der Waals surface area (Å²) in [6.07, 6.45) is 0. The molecule has 1 fully saturated rings. The SMILES string of the molecule is CN1CN(c2ccccc2)C(=S)N1. The van der Waals surface area contributed by atoms with Crippen molar-refractivity contribution in [3.8, 4) is 0 Å². The van der Waals surface area contributed by atoms with Gasteiger partial charge in [-0.25, -0.2) is 5.01 Å². The van der Waals surface area contributed by atoms with E-state index in [1.807, 2.05) is 42.4 Å². The first-order valence-electron chi connectivity index (χ1n) is 4.12. The summed E-state index contributed by atoms with van der Waals surface area (Å²) in [4.78, 5) is 2.05. The van der Waals surface area contributed by atoms with Crippen LogP contribution in [0.2, 0.25) is 0 Å². The Morgan fingerprint density at radius 3 is 2.54 bits per heavy atom. The number of thiocarbonyl (C=S) groups is 1. The lowest BCUT2D eigenvalue weighted by molar-refractivity contribution is 0.340. The highest BCUT2D eigenvalue weighted by Crippen LogP contribution is 2.16. The minimum absolute atomic E-state index is 0.758. The van der Waals surface area contributed by atoms with E-state index in [0.29, 0.717) is 0 Å². The Kier molecular flexibility index (Phi) is 2.16. The second-order valence-electron chi connectivity index (χ2n) is 3.02. The highest BCUT2D eigenvalue weighted by atomic mass is 32.1. The number of benzene rings is 1. The zero-order valence-electron chi connectivity index (χ0n) is 7.40. The molecular weight excluding hydrogens is 182 g/mol. The Labute approximate surface area is 82.9 Å². The van der Waals surface area contributed by atoms with E-state index in [2.05, 4.69) is 10.3 Å². The smallest absolute Gasteiger partial charge is 0.189 e. The Balaban J connectivity index is 2.23. The van der Waals surface area contributed by atoms with Crippen LogP contribution in [0.5, 0.6) is 0 Å². The molecule has 3 nitrogen and oxygen atoms in total. The molecule has 0 aromatic heterocycles. The second-order valence-corrected chi connectivity index (χ2v) is 3.41. The normalized spacial score (nSPS) is 17.6. The lowest BCUT2D eigenvalue weighted by atomic mass is 10.3. The van der Waals surface area contributed by atoms with Gasteiger partial charge >= 0.3 is 0 Å². The number of hydrazine groups is 1. The van der Waals surface area contributed by atoms with Gasteiger partial charge in [0.15, 0.2) is 5.11 Å². The molecule has 2 rings (SSSR count). The van der Waals surface area contributed by atoms with Crippen LogP contribution in [0, 0.1) is 0 Å². The standard InChI is InChI=1S/C9H11N3S/c1-11-7-12(9(13)10-11)8-5-3-2-4-6-8/h2-6H,7H2,1H3,(H,10,13). The third-order valence-corrected chi connectivity index (χ3v) is 2.26. The highest BCUT2D eigenvalue weighted by Gasteiger charge is 2.21. The monoisotopic (exact) mass is 193 g/mol. The lowest BCUT2D eigenvalue weighted by Gasteiger charge is -2.15. The van der Waals surface area contributed by atoms with E-state index < -0.39 is 0 Å². The van der Waals surface area contributed by atoms with Crippen LogP contribution in [0.1, 0.15) is 0 Å². The van der Waals surface area contributed by atoms with Gasteiger partial charge in [0.25, 0.3) is 0 Å². The molecule has 1 aromatic rings. The number of rotatable bonds is 1. The Bertz CT molecular complexity index is 312. The summed E-state index contributed by atoms with van der Waals surface area (Å²) in [6.45, 7) is 0.794. The predicted octanol–water partition coefficient (Wildman–Crippen LogP) is 1.19. The zero-order valence-corrected chi connectivity index (χ0v) is 8.21. The maximum Gasteiger partial charge on any atom is 0.189 e. The summed E-state index contributed by atoms with van der Waals surface area (Å²) in [7, 11) is 1.97. The van der Waals surface area contributed by atoms with Crippen molar-refractivity contribution in [1.82, 2.24) is 10.4 Å². The van der Waals surface area contributed by atoms with Crippen LogP contribution in [0.15, 0.2) is 30.3 Å². The quantitative estimate of drug-likeness (QED) is 0.675. The molecule has 13 heavy (non-hydrogen) atoms. The van der Waals surface area contributed by atoms with E-state index >= 15 is 0 Å². The van der Waals surface area contributed by atoms with Crippen LogP contribution in [0.3, 0.4) is 0 Å². The van der Waals surface area contributed by atoms with Crippen LogP contribution >= 0.6 is 12.2 Å². The average Bonchev–Trinajstić information content (AvgIpc) is 2.47. The number of hydrogen-bond acceptors (Lipinski definition) is 2. The molecule has 1 N–H and O–H groups in total. The van der Waals surface area contributed by atoms with E-state index in [-0.39, 0.29) is 0 Å². The van der Waals surface area contributed by atoms with Crippen molar-refractivity contribution < 1.29 is 0 Å². The topological polar surface area (TPSA) is 18.5 Å². The molecule has 68 valence electrons. The molecule has 0 spiro atoms. The largest absolute Gasteiger partial charge is 0.303 e. The second kappa shape index (κ2) is 3.32. The molecule has 0 aliphatic carbocycles. The van der Waals surface area contributed by atoms with Gasteiger partial charge < -0.3 is 4.90 Å².